The largest absolute Gasteiger partial charge is 0.472 e. The van der Waals surface area contributed by atoms with Crippen molar-refractivity contribution in [1.29, 1.82) is 0 Å². The second-order valence-electron chi connectivity index (χ2n) is 27.5. The number of aliphatic hydroxyl groups is 2. The van der Waals surface area contributed by atoms with Crippen molar-refractivity contribution in [3.8, 4) is 0 Å². The van der Waals surface area contributed by atoms with Crippen LogP contribution in [0.2, 0.25) is 0 Å². The van der Waals surface area contributed by atoms with Crippen molar-refractivity contribution in [2.24, 2.45) is 0 Å². The number of esters is 3. The van der Waals surface area contributed by atoms with E-state index in [0.29, 0.717) is 19.3 Å². The van der Waals surface area contributed by atoms with Crippen molar-refractivity contribution in [1.82, 2.24) is 0 Å². The van der Waals surface area contributed by atoms with Crippen LogP contribution in [0.3, 0.4) is 0 Å². The highest BCUT2D eigenvalue weighted by Crippen LogP contribution is 2.45. The highest BCUT2D eigenvalue weighted by molar-refractivity contribution is 7.47. The average Bonchev–Trinajstić information content (AvgIpc) is 0.907. The van der Waals surface area contributed by atoms with Crippen LogP contribution in [0, 0.1) is 0 Å². The number of phosphoric ester groups is 2. The summed E-state index contributed by atoms with van der Waals surface area (Å²) in [5.74, 6) is -1.62. The summed E-state index contributed by atoms with van der Waals surface area (Å²) < 4.78 is 61.2. The first-order chi connectivity index (χ1) is 52.2. The molecule has 0 bridgehead atoms. The third-order valence-corrected chi connectivity index (χ3v) is 19.1. The van der Waals surface area contributed by atoms with Gasteiger partial charge in [-0.25, -0.2) is 9.13 Å². The quantitative estimate of drug-likeness (QED) is 0.0146. The first-order valence-corrected chi connectivity index (χ1v) is 44.8. The third kappa shape index (κ3) is 82.0. The van der Waals surface area contributed by atoms with E-state index in [1.165, 1.54) is 103 Å². The van der Waals surface area contributed by atoms with Gasteiger partial charge >= 0.3 is 33.6 Å². The molecule has 0 aliphatic heterocycles. The Morgan fingerprint density at radius 2 is 0.467 bits per heavy atom. The molecule has 18 heteroatoms. The molecule has 0 radical (unpaired) electrons. The molecule has 0 rings (SSSR count). The summed E-state index contributed by atoms with van der Waals surface area (Å²) >= 11 is 0. The molecule has 0 saturated carbocycles. The van der Waals surface area contributed by atoms with E-state index < -0.39 is 91.5 Å². The number of phosphoric acid groups is 2. The molecule has 0 aromatic heterocycles. The van der Waals surface area contributed by atoms with Gasteiger partial charge in [0.05, 0.1) is 26.4 Å². The molecular weight excluding hydrogens is 1390 g/mol. The number of rotatable bonds is 78. The summed E-state index contributed by atoms with van der Waals surface area (Å²) in [6.07, 6.45) is 102. The highest BCUT2D eigenvalue weighted by Gasteiger charge is 2.29. The molecule has 0 aromatic rings. The van der Waals surface area contributed by atoms with Crippen LogP contribution in [0.1, 0.15) is 329 Å². The Morgan fingerprint density at radius 3 is 0.738 bits per heavy atom. The lowest BCUT2D eigenvalue weighted by Crippen LogP contribution is -2.30. The number of aliphatic hydroxyl groups excluding tert-OH is 2. The van der Waals surface area contributed by atoms with Crippen molar-refractivity contribution in [3.05, 3.63) is 158 Å². The van der Waals surface area contributed by atoms with E-state index in [9.17, 15) is 43.5 Å². The fraction of sp³-hybridized carbons (Fsp3) is 0.674. The minimum Gasteiger partial charge on any atom is -0.463 e. The minimum absolute atomic E-state index is 0.0692. The number of unbranched alkanes of at least 4 members (excludes halogenated alkanes) is 29. The molecule has 0 aromatic carbocycles. The zero-order valence-corrected chi connectivity index (χ0v) is 68.8. The molecule has 0 aliphatic rings. The zero-order chi connectivity index (χ0) is 78.0. The number of hydrogen-bond donors (Lipinski definition) is 4. The van der Waals surface area contributed by atoms with Gasteiger partial charge in [0.25, 0.3) is 0 Å². The molecule has 5 atom stereocenters. The van der Waals surface area contributed by atoms with Gasteiger partial charge in [0.15, 0.2) is 6.10 Å². The lowest BCUT2D eigenvalue weighted by atomic mass is 10.0. The van der Waals surface area contributed by atoms with Crippen molar-refractivity contribution < 1.29 is 75.8 Å². The van der Waals surface area contributed by atoms with Gasteiger partial charge in [-0.15, -0.1) is 0 Å². The number of allylic oxidation sites excluding steroid dienone is 26. The monoisotopic (exact) mass is 1540 g/mol. The second kappa shape index (κ2) is 80.7. The van der Waals surface area contributed by atoms with Crippen LogP contribution < -0.4 is 0 Å². The van der Waals surface area contributed by atoms with Gasteiger partial charge in [0.2, 0.25) is 0 Å². The molecule has 0 saturated heterocycles. The molecule has 612 valence electrons. The van der Waals surface area contributed by atoms with E-state index in [4.69, 9.17) is 32.3 Å². The standard InChI is InChI=1S/C89H150O16P2/c1-4-7-10-13-16-19-22-25-28-31-33-34-35-36-37-38-39-40-41-42-43-44-45-46-47-48-50-53-54-57-60-63-66-69-72-75-87(92)99-78-84(90)79-101-106(95,96)102-80-85(91)81-103-107(97,98)104-83-86(105-89(94)77-74-71-68-65-62-59-56-51-30-27-24-21-18-15-12-9-6-3)82-100-88(93)76-73-70-67-64-61-58-55-52-49-32-29-26-23-20-17-14-11-8-5-2/h7-12,16-21,25-30,33-34,36-37,49,52,56,59,84-86,90-91H,4-6,13-15,22-24,31-32,35,38-48,50-51,53-55,57-58,60-83H2,1-3H3,(H,95,96)(H,97,98)/b10-7-,11-8-,12-9-,19-16-,20-17-,21-18-,28-25-,29-26-,30-27-,34-33-,37-36-,52-49-,59-56-. The Hall–Kier alpha value is -4.83. The van der Waals surface area contributed by atoms with Gasteiger partial charge in [-0.05, 0) is 141 Å². The SMILES string of the molecule is CC/C=C\C/C=C\C/C=C\C/C=C\C/C=C\CCCCCCCCCCCCCCCCCCCCCC(=O)OCC(O)COP(=O)(O)OCC(O)COP(=O)(O)OCC(COC(=O)CCCCCCCC/C=C\C/C=C\C/C=C\C/C=C\CC)OC(=O)CCCCCC/C=C\C/C=C\C/C=C\C/C=C\CC. The third-order valence-electron chi connectivity index (χ3n) is 17.2. The Kier molecular flexibility index (Phi) is 77.0. The van der Waals surface area contributed by atoms with E-state index in [-0.39, 0.29) is 19.3 Å². The van der Waals surface area contributed by atoms with E-state index >= 15 is 0 Å². The Labute approximate surface area is 650 Å². The van der Waals surface area contributed by atoms with Crippen LogP contribution in [0.25, 0.3) is 0 Å². The zero-order valence-electron chi connectivity index (χ0n) is 67.0. The average molecular weight is 1540 g/mol. The fourth-order valence-electron chi connectivity index (χ4n) is 11.0. The van der Waals surface area contributed by atoms with Crippen molar-refractivity contribution in [3.63, 3.8) is 0 Å². The van der Waals surface area contributed by atoms with E-state index in [1.54, 1.807) is 0 Å². The smallest absolute Gasteiger partial charge is 0.463 e. The lowest BCUT2D eigenvalue weighted by Gasteiger charge is -2.21. The van der Waals surface area contributed by atoms with Crippen LogP contribution in [0.5, 0.6) is 0 Å². The molecule has 0 amide bonds. The van der Waals surface area contributed by atoms with Gasteiger partial charge in [0, 0.05) is 19.3 Å². The van der Waals surface area contributed by atoms with Crippen LogP contribution >= 0.6 is 15.6 Å². The van der Waals surface area contributed by atoms with Crippen LogP contribution in [-0.2, 0) is 55.8 Å². The highest BCUT2D eigenvalue weighted by atomic mass is 31.2. The second-order valence-corrected chi connectivity index (χ2v) is 30.4. The van der Waals surface area contributed by atoms with Crippen molar-refractivity contribution in [2.75, 3.05) is 39.6 Å². The van der Waals surface area contributed by atoms with Crippen LogP contribution in [0.15, 0.2) is 158 Å². The summed E-state index contributed by atoms with van der Waals surface area (Å²) in [5.41, 5.74) is 0. The molecule has 0 heterocycles. The maximum absolute atomic E-state index is 13.0. The molecule has 0 aliphatic carbocycles. The Bertz CT molecular complexity index is 2580. The first-order valence-electron chi connectivity index (χ1n) is 41.8. The van der Waals surface area contributed by atoms with E-state index in [0.717, 1.165) is 167 Å². The van der Waals surface area contributed by atoms with Crippen molar-refractivity contribution in [2.45, 2.75) is 347 Å². The first kappa shape index (κ1) is 102. The van der Waals surface area contributed by atoms with Gasteiger partial charge < -0.3 is 34.2 Å². The summed E-state index contributed by atoms with van der Waals surface area (Å²) in [7, 11) is -9.81. The molecule has 16 nitrogen and oxygen atoms in total. The van der Waals surface area contributed by atoms with Crippen LogP contribution in [-0.4, -0.2) is 95.9 Å². The molecule has 5 unspecified atom stereocenters. The molecule has 107 heavy (non-hydrogen) atoms. The van der Waals surface area contributed by atoms with Crippen molar-refractivity contribution >= 4 is 33.6 Å². The summed E-state index contributed by atoms with van der Waals surface area (Å²) in [5, 5.41) is 20.7. The van der Waals surface area contributed by atoms with E-state index in [2.05, 4.69) is 179 Å². The van der Waals surface area contributed by atoms with Gasteiger partial charge in [0.1, 0.15) is 25.4 Å². The molecule has 4 N–H and O–H groups in total. The molecule has 0 fully saturated rings. The number of carbonyl (C=O) groups is 3. The number of carbonyl (C=O) groups excluding carboxylic acids is 3. The minimum atomic E-state index is -4.95. The maximum Gasteiger partial charge on any atom is 0.472 e. The van der Waals surface area contributed by atoms with Gasteiger partial charge in [-0.1, -0.05) is 326 Å². The molecular formula is C89H150O16P2. The van der Waals surface area contributed by atoms with Crippen LogP contribution in [0.4, 0.5) is 0 Å². The fourth-order valence-corrected chi connectivity index (χ4v) is 12.6. The normalized spacial score (nSPS) is 14.7. The lowest BCUT2D eigenvalue weighted by molar-refractivity contribution is -0.161. The number of hydrogen-bond acceptors (Lipinski definition) is 14. The maximum atomic E-state index is 13.0. The van der Waals surface area contributed by atoms with E-state index in [1.807, 2.05) is 0 Å². The Morgan fingerprint density at radius 1 is 0.262 bits per heavy atom. The van der Waals surface area contributed by atoms with Gasteiger partial charge in [-0.2, -0.15) is 0 Å². The summed E-state index contributed by atoms with van der Waals surface area (Å²) in [4.78, 5) is 58.7. The summed E-state index contributed by atoms with van der Waals surface area (Å²) in [6.45, 7) is 2.31. The Balaban J connectivity index is 4.45. The summed E-state index contributed by atoms with van der Waals surface area (Å²) in [6, 6.07) is 0. The predicted molar refractivity (Wildman–Crippen MR) is 445 cm³/mol. The topological polar surface area (TPSA) is 231 Å². The predicted octanol–water partition coefficient (Wildman–Crippen LogP) is 25.0. The molecule has 0 spiro atoms. The number of ether oxygens (including phenoxy) is 3. The van der Waals surface area contributed by atoms with Gasteiger partial charge in [-0.3, -0.25) is 32.5 Å².